The van der Waals surface area contributed by atoms with Gasteiger partial charge in [0, 0.05) is 24.9 Å². The van der Waals surface area contributed by atoms with Crippen molar-refractivity contribution in [3.63, 3.8) is 0 Å². The fraction of sp³-hybridized carbons (Fsp3) is 0.125. The van der Waals surface area contributed by atoms with Crippen molar-refractivity contribution in [1.82, 2.24) is 19.7 Å². The minimum atomic E-state index is -1.09. The highest BCUT2D eigenvalue weighted by Gasteiger charge is 2.16. The van der Waals surface area contributed by atoms with Crippen LogP contribution in [0.3, 0.4) is 0 Å². The molecule has 122 valence electrons. The number of hydrogen-bond acceptors (Lipinski definition) is 6. The molecule has 1 aromatic carbocycles. The van der Waals surface area contributed by atoms with Gasteiger partial charge in [0.05, 0.1) is 5.69 Å². The van der Waals surface area contributed by atoms with E-state index in [1.165, 1.54) is 18.0 Å². The van der Waals surface area contributed by atoms with Crippen LogP contribution in [0.2, 0.25) is 0 Å². The first-order valence-electron chi connectivity index (χ1n) is 7.09. The predicted octanol–water partition coefficient (Wildman–Crippen LogP) is 3.04. The van der Waals surface area contributed by atoms with Crippen molar-refractivity contribution in [1.29, 1.82) is 0 Å². The van der Waals surface area contributed by atoms with E-state index in [0.717, 1.165) is 11.3 Å². The lowest BCUT2D eigenvalue weighted by Crippen LogP contribution is -2.08. The maximum absolute atomic E-state index is 11.4. The zero-order valence-electron chi connectivity index (χ0n) is 13.1. The number of aromatic nitrogens is 4. The predicted molar refractivity (Wildman–Crippen MR) is 92.7 cm³/mol. The summed E-state index contributed by atoms with van der Waals surface area (Å²) in [6.45, 7) is 0. The molecule has 3 rings (SSSR count). The number of nitrogens with zero attached hydrogens (tertiary/aromatic N) is 4. The van der Waals surface area contributed by atoms with Gasteiger partial charge in [0.2, 0.25) is 0 Å². The van der Waals surface area contributed by atoms with Gasteiger partial charge in [-0.25, -0.2) is 14.8 Å². The summed E-state index contributed by atoms with van der Waals surface area (Å²) in [6.07, 6.45) is 3.13. The molecule has 2 aromatic heterocycles. The quantitative estimate of drug-likeness (QED) is 0.544. The zero-order valence-corrected chi connectivity index (χ0v) is 13.9. The Labute approximate surface area is 142 Å². The van der Waals surface area contributed by atoms with Gasteiger partial charge in [0.1, 0.15) is 11.4 Å². The highest BCUT2D eigenvalue weighted by atomic mass is 32.2. The number of nitrogens with one attached hydrogen (secondary N) is 1. The van der Waals surface area contributed by atoms with E-state index in [9.17, 15) is 9.90 Å². The Bertz CT molecular complexity index is 879. The van der Waals surface area contributed by atoms with Gasteiger partial charge >= 0.3 is 5.97 Å². The normalized spacial score (nSPS) is 10.6. The maximum atomic E-state index is 11.4. The Hall–Kier alpha value is -2.87. The third-order valence-corrected chi connectivity index (χ3v) is 3.94. The number of aromatic carboxylic acids is 1. The van der Waals surface area contributed by atoms with Crippen LogP contribution in [0.5, 0.6) is 0 Å². The van der Waals surface area contributed by atoms with Crippen LogP contribution in [0, 0.1) is 0 Å². The van der Waals surface area contributed by atoms with Gasteiger partial charge < -0.3 is 10.4 Å². The van der Waals surface area contributed by atoms with Gasteiger partial charge in [0.15, 0.2) is 11.0 Å². The molecule has 0 bridgehead atoms. The number of carboxylic acid groups (broad SMARTS) is 1. The third-order valence-electron chi connectivity index (χ3n) is 3.38. The number of benzene rings is 1. The van der Waals surface area contributed by atoms with Crippen LogP contribution < -0.4 is 5.32 Å². The molecule has 0 aliphatic carbocycles. The second kappa shape index (κ2) is 6.71. The summed E-state index contributed by atoms with van der Waals surface area (Å²) in [7, 11) is 1.78. The van der Waals surface area contributed by atoms with Crippen LogP contribution in [0.1, 0.15) is 10.4 Å². The Morgan fingerprint density at radius 3 is 2.71 bits per heavy atom. The second-order valence-corrected chi connectivity index (χ2v) is 5.73. The van der Waals surface area contributed by atoms with Crippen LogP contribution in [-0.4, -0.2) is 37.1 Å². The molecule has 7 nitrogen and oxygen atoms in total. The lowest BCUT2D eigenvalue weighted by Gasteiger charge is -2.09. The number of aryl methyl sites for hydroxylation is 1. The zero-order chi connectivity index (χ0) is 17.1. The molecule has 2 heterocycles. The van der Waals surface area contributed by atoms with Gasteiger partial charge in [-0.2, -0.15) is 5.10 Å². The summed E-state index contributed by atoms with van der Waals surface area (Å²) in [4.78, 5) is 19.6. The van der Waals surface area contributed by atoms with Crippen molar-refractivity contribution >= 4 is 29.4 Å². The van der Waals surface area contributed by atoms with Crippen LogP contribution in [0.25, 0.3) is 11.3 Å². The lowest BCUT2D eigenvalue weighted by molar-refractivity contribution is 0.0697. The standard InChI is InChI=1S/C16H15N5O2S/c1-21-13(8-12(20-21)10-6-4-3-5-7-10)18-14-11(15(22)23)9-17-16(19-14)24-2/h3-9H,1-2H3,(H,22,23)(H,17,18,19). The molecule has 24 heavy (non-hydrogen) atoms. The van der Waals surface area contributed by atoms with E-state index in [2.05, 4.69) is 20.4 Å². The fourth-order valence-corrected chi connectivity index (χ4v) is 2.51. The molecule has 0 amide bonds. The number of rotatable bonds is 5. The molecule has 0 atom stereocenters. The first-order chi connectivity index (χ1) is 11.6. The number of anilines is 2. The summed E-state index contributed by atoms with van der Waals surface area (Å²) < 4.78 is 1.65. The summed E-state index contributed by atoms with van der Waals surface area (Å²) in [5.41, 5.74) is 1.78. The third kappa shape index (κ3) is 3.23. The fourth-order valence-electron chi connectivity index (χ4n) is 2.17. The molecule has 0 unspecified atom stereocenters. The largest absolute Gasteiger partial charge is 0.477 e. The van der Waals surface area contributed by atoms with Gasteiger partial charge in [-0.05, 0) is 6.26 Å². The van der Waals surface area contributed by atoms with Crippen molar-refractivity contribution in [3.05, 3.63) is 48.2 Å². The van der Waals surface area contributed by atoms with Crippen molar-refractivity contribution in [2.75, 3.05) is 11.6 Å². The summed E-state index contributed by atoms with van der Waals surface area (Å²) in [5, 5.41) is 17.3. The van der Waals surface area contributed by atoms with E-state index in [1.807, 2.05) is 42.7 Å². The van der Waals surface area contributed by atoms with Crippen LogP contribution in [0.15, 0.2) is 47.8 Å². The summed E-state index contributed by atoms with van der Waals surface area (Å²) >= 11 is 1.34. The van der Waals surface area contributed by atoms with Gasteiger partial charge in [-0.15, -0.1) is 0 Å². The molecule has 0 aliphatic rings. The van der Waals surface area contributed by atoms with Crippen LogP contribution >= 0.6 is 11.8 Å². The molecular weight excluding hydrogens is 326 g/mol. The topological polar surface area (TPSA) is 92.9 Å². The SMILES string of the molecule is CSc1ncc(C(=O)O)c(Nc2cc(-c3ccccc3)nn2C)n1. The second-order valence-electron chi connectivity index (χ2n) is 4.95. The highest BCUT2D eigenvalue weighted by molar-refractivity contribution is 7.98. The monoisotopic (exact) mass is 341 g/mol. The van der Waals surface area contributed by atoms with E-state index < -0.39 is 5.97 Å². The van der Waals surface area contributed by atoms with Gasteiger partial charge in [-0.3, -0.25) is 4.68 Å². The molecule has 3 aromatic rings. The first kappa shape index (κ1) is 16.0. The van der Waals surface area contributed by atoms with Crippen molar-refractivity contribution in [2.45, 2.75) is 5.16 Å². The van der Waals surface area contributed by atoms with Gasteiger partial charge in [0.25, 0.3) is 0 Å². The number of carboxylic acids is 1. The average molecular weight is 341 g/mol. The Morgan fingerprint density at radius 2 is 2.04 bits per heavy atom. The molecule has 0 saturated heterocycles. The smallest absolute Gasteiger partial charge is 0.341 e. The van der Waals surface area contributed by atoms with Crippen LogP contribution in [-0.2, 0) is 7.05 Å². The minimum absolute atomic E-state index is 0.00950. The van der Waals surface area contributed by atoms with Crippen molar-refractivity contribution in [2.24, 2.45) is 7.05 Å². The van der Waals surface area contributed by atoms with E-state index in [-0.39, 0.29) is 11.4 Å². The molecule has 0 aliphatic heterocycles. The molecule has 0 radical (unpaired) electrons. The van der Waals surface area contributed by atoms with E-state index in [0.29, 0.717) is 11.0 Å². The number of carbonyl (C=O) groups is 1. The van der Waals surface area contributed by atoms with Crippen molar-refractivity contribution in [3.8, 4) is 11.3 Å². The summed E-state index contributed by atoms with van der Waals surface area (Å²) in [5.74, 6) is -0.206. The minimum Gasteiger partial charge on any atom is -0.477 e. The number of thioether (sulfide) groups is 1. The van der Waals surface area contributed by atoms with E-state index in [4.69, 9.17) is 0 Å². The molecule has 2 N–H and O–H groups in total. The average Bonchev–Trinajstić information content (AvgIpc) is 2.96. The van der Waals surface area contributed by atoms with E-state index >= 15 is 0 Å². The Morgan fingerprint density at radius 1 is 1.29 bits per heavy atom. The highest BCUT2D eigenvalue weighted by Crippen LogP contribution is 2.25. The summed E-state index contributed by atoms with van der Waals surface area (Å²) in [6, 6.07) is 11.6. The molecule has 8 heteroatoms. The maximum Gasteiger partial charge on any atom is 0.341 e. The Kier molecular flexibility index (Phi) is 4.48. The first-order valence-corrected chi connectivity index (χ1v) is 8.32. The molecule has 0 saturated carbocycles. The van der Waals surface area contributed by atoms with E-state index in [1.54, 1.807) is 11.7 Å². The lowest BCUT2D eigenvalue weighted by atomic mass is 10.1. The van der Waals surface area contributed by atoms with Crippen LogP contribution in [0.4, 0.5) is 11.6 Å². The molecule has 0 spiro atoms. The van der Waals surface area contributed by atoms with Gasteiger partial charge in [-0.1, -0.05) is 42.1 Å². The molecule has 0 fully saturated rings. The number of hydrogen-bond donors (Lipinski definition) is 2. The van der Waals surface area contributed by atoms with Crippen molar-refractivity contribution < 1.29 is 9.90 Å². The Balaban J connectivity index is 1.97. The molecular formula is C16H15N5O2S.